The van der Waals surface area contributed by atoms with Gasteiger partial charge in [0, 0.05) is 19.3 Å². The molecule has 6 nitrogen and oxygen atoms in total. The Morgan fingerprint density at radius 2 is 0.721 bits per heavy atom. The van der Waals surface area contributed by atoms with E-state index in [1.807, 2.05) is 6.08 Å². The highest BCUT2D eigenvalue weighted by molar-refractivity contribution is 5.71. The molecule has 1 atom stereocenters. The Kier molecular flexibility index (Phi) is 45.1. The van der Waals surface area contributed by atoms with E-state index >= 15 is 0 Å². The first-order valence-electron chi connectivity index (χ1n) is 24.1. The molecule has 0 fully saturated rings. The summed E-state index contributed by atoms with van der Waals surface area (Å²) in [5.74, 6) is -1.01. The lowest BCUT2D eigenvalue weighted by Crippen LogP contribution is -2.30. The topological polar surface area (TPSA) is 78.9 Å². The van der Waals surface area contributed by atoms with E-state index in [4.69, 9.17) is 14.2 Å². The minimum Gasteiger partial charge on any atom is -0.462 e. The highest BCUT2D eigenvalue weighted by Gasteiger charge is 2.19. The first-order chi connectivity index (χ1) is 30.0. The van der Waals surface area contributed by atoms with Gasteiger partial charge in [0.05, 0.1) is 0 Å². The third kappa shape index (κ3) is 46.7. The molecule has 1 unspecified atom stereocenters. The molecule has 61 heavy (non-hydrogen) atoms. The third-order valence-corrected chi connectivity index (χ3v) is 9.52. The quantitative estimate of drug-likeness (QED) is 0.0201. The molecule has 0 radical (unpaired) electrons. The fourth-order valence-electron chi connectivity index (χ4n) is 5.91. The molecule has 0 heterocycles. The van der Waals surface area contributed by atoms with Gasteiger partial charge < -0.3 is 14.2 Å². The van der Waals surface area contributed by atoms with Gasteiger partial charge >= 0.3 is 17.9 Å². The summed E-state index contributed by atoms with van der Waals surface area (Å²) in [6.45, 7) is 6.23. The van der Waals surface area contributed by atoms with Crippen LogP contribution >= 0.6 is 0 Å². The van der Waals surface area contributed by atoms with Gasteiger partial charge in [-0.15, -0.1) is 0 Å². The van der Waals surface area contributed by atoms with Crippen molar-refractivity contribution in [3.05, 3.63) is 122 Å². The van der Waals surface area contributed by atoms with Gasteiger partial charge in [-0.1, -0.05) is 187 Å². The Hall–Kier alpha value is -4.19. The molecule has 0 aromatic rings. The van der Waals surface area contributed by atoms with Crippen molar-refractivity contribution in [2.75, 3.05) is 13.2 Å². The molecule has 6 heteroatoms. The van der Waals surface area contributed by atoms with Crippen LogP contribution in [0.3, 0.4) is 0 Å². The molecule has 0 aromatic carbocycles. The van der Waals surface area contributed by atoms with Crippen LogP contribution in [0.15, 0.2) is 122 Å². The fourth-order valence-corrected chi connectivity index (χ4v) is 5.91. The lowest BCUT2D eigenvalue weighted by atomic mass is 10.1. The second-order valence-electron chi connectivity index (χ2n) is 15.3. The number of allylic oxidation sites excluding steroid dienone is 20. The van der Waals surface area contributed by atoms with Gasteiger partial charge in [0.2, 0.25) is 0 Å². The number of unbranched alkanes of at least 4 members (excludes halogenated alkanes) is 13. The maximum atomic E-state index is 12.7. The summed E-state index contributed by atoms with van der Waals surface area (Å²) in [7, 11) is 0. The van der Waals surface area contributed by atoms with Crippen molar-refractivity contribution in [2.45, 2.75) is 194 Å². The zero-order valence-corrected chi connectivity index (χ0v) is 38.9. The van der Waals surface area contributed by atoms with E-state index in [0.717, 1.165) is 135 Å². The van der Waals surface area contributed by atoms with Gasteiger partial charge in [-0.3, -0.25) is 14.4 Å². The number of carbonyl (C=O) groups excluding carboxylic acids is 3. The second-order valence-corrected chi connectivity index (χ2v) is 15.3. The predicted molar refractivity (Wildman–Crippen MR) is 260 cm³/mol. The summed E-state index contributed by atoms with van der Waals surface area (Å²) >= 11 is 0. The highest BCUT2D eigenvalue weighted by atomic mass is 16.6. The summed E-state index contributed by atoms with van der Waals surface area (Å²) in [6, 6.07) is 0. The van der Waals surface area contributed by atoms with Crippen molar-refractivity contribution in [1.29, 1.82) is 0 Å². The number of hydrogen-bond acceptors (Lipinski definition) is 6. The van der Waals surface area contributed by atoms with E-state index in [2.05, 4.69) is 136 Å². The van der Waals surface area contributed by atoms with Crippen LogP contribution in [0.4, 0.5) is 0 Å². The van der Waals surface area contributed by atoms with E-state index in [0.29, 0.717) is 12.8 Å². The summed E-state index contributed by atoms with van der Waals surface area (Å²) < 4.78 is 16.7. The van der Waals surface area contributed by atoms with Crippen LogP contribution in [0.2, 0.25) is 0 Å². The lowest BCUT2D eigenvalue weighted by molar-refractivity contribution is -0.167. The highest BCUT2D eigenvalue weighted by Crippen LogP contribution is 2.12. The van der Waals surface area contributed by atoms with Crippen molar-refractivity contribution < 1.29 is 28.6 Å². The molecule has 0 bridgehead atoms. The summed E-state index contributed by atoms with van der Waals surface area (Å²) in [5.41, 5.74) is 0. The molecule has 0 aromatic heterocycles. The normalized spacial score (nSPS) is 13.2. The van der Waals surface area contributed by atoms with E-state index in [1.165, 1.54) is 12.8 Å². The van der Waals surface area contributed by atoms with Crippen LogP contribution < -0.4 is 0 Å². The molecule has 0 N–H and O–H groups in total. The Bertz CT molecular complexity index is 1340. The summed E-state index contributed by atoms with van der Waals surface area (Å²) in [5, 5.41) is 0. The predicted octanol–water partition coefficient (Wildman–Crippen LogP) is 15.7. The number of hydrogen-bond donors (Lipinski definition) is 0. The molecule has 0 aliphatic carbocycles. The molecule has 0 saturated heterocycles. The van der Waals surface area contributed by atoms with E-state index < -0.39 is 6.10 Å². The Labute approximate surface area is 373 Å². The number of ether oxygens (including phenoxy) is 3. The van der Waals surface area contributed by atoms with Crippen molar-refractivity contribution in [3.8, 4) is 0 Å². The van der Waals surface area contributed by atoms with Crippen LogP contribution in [0, 0.1) is 0 Å². The van der Waals surface area contributed by atoms with Crippen molar-refractivity contribution >= 4 is 17.9 Å². The van der Waals surface area contributed by atoms with Gasteiger partial charge in [0.15, 0.2) is 6.10 Å². The minimum absolute atomic E-state index is 0.115. The van der Waals surface area contributed by atoms with E-state index in [9.17, 15) is 14.4 Å². The minimum atomic E-state index is -0.815. The van der Waals surface area contributed by atoms with Gasteiger partial charge in [0.25, 0.3) is 0 Å². The summed E-state index contributed by atoms with van der Waals surface area (Å²) in [6.07, 6.45) is 66.1. The lowest BCUT2D eigenvalue weighted by Gasteiger charge is -2.18. The van der Waals surface area contributed by atoms with Crippen LogP contribution in [0.1, 0.15) is 188 Å². The Balaban J connectivity index is 4.50. The average Bonchev–Trinajstić information content (AvgIpc) is 3.26. The molecule has 0 aliphatic heterocycles. The van der Waals surface area contributed by atoms with Crippen LogP contribution in [0.25, 0.3) is 0 Å². The molecular formula is C55H86O6. The molecule has 0 saturated carbocycles. The Morgan fingerprint density at radius 3 is 1.21 bits per heavy atom. The monoisotopic (exact) mass is 843 g/mol. The maximum absolute atomic E-state index is 12.7. The van der Waals surface area contributed by atoms with E-state index in [1.54, 1.807) is 0 Å². The number of carbonyl (C=O) groups is 3. The smallest absolute Gasteiger partial charge is 0.306 e. The molecule has 342 valence electrons. The Morgan fingerprint density at radius 1 is 0.361 bits per heavy atom. The standard InChI is InChI=1S/C55H86O6/c1-4-7-10-13-16-19-22-24-25-26-27-28-29-31-33-36-39-42-45-48-54(57)60-51-52(50-59-53(56)47-44-41-38-35-32-21-18-15-12-9-6-3)61-55(58)49-46-43-40-37-34-30-23-20-17-14-11-8-5-2/h7-8,10-11,14-21,23-25,27-28,31-33,52H,4-6,9,12-13,22,26,29-30,34-51H2,1-3H3/b10-7-,11-8-,17-14-,18-15-,19-16-,23-20-,25-24-,28-27-,32-21-,33-31-. The van der Waals surface area contributed by atoms with Crippen molar-refractivity contribution in [2.24, 2.45) is 0 Å². The van der Waals surface area contributed by atoms with Gasteiger partial charge in [-0.2, -0.15) is 0 Å². The number of rotatable bonds is 41. The zero-order valence-electron chi connectivity index (χ0n) is 38.9. The van der Waals surface area contributed by atoms with Gasteiger partial charge in [0.1, 0.15) is 13.2 Å². The van der Waals surface area contributed by atoms with Crippen molar-refractivity contribution in [3.63, 3.8) is 0 Å². The van der Waals surface area contributed by atoms with Gasteiger partial charge in [-0.05, 0) is 103 Å². The molecule has 0 rings (SSSR count). The zero-order chi connectivity index (χ0) is 44.4. The maximum Gasteiger partial charge on any atom is 0.306 e. The van der Waals surface area contributed by atoms with Crippen LogP contribution in [-0.4, -0.2) is 37.2 Å². The molecule has 0 amide bonds. The summed E-state index contributed by atoms with van der Waals surface area (Å²) in [4.78, 5) is 37.8. The fraction of sp³-hybridized carbons (Fsp3) is 0.582. The average molecular weight is 843 g/mol. The van der Waals surface area contributed by atoms with Crippen LogP contribution in [-0.2, 0) is 28.6 Å². The first-order valence-corrected chi connectivity index (χ1v) is 24.1. The number of esters is 3. The van der Waals surface area contributed by atoms with Crippen molar-refractivity contribution in [1.82, 2.24) is 0 Å². The largest absolute Gasteiger partial charge is 0.462 e. The molecular weight excluding hydrogens is 757 g/mol. The molecule has 0 spiro atoms. The molecule has 0 aliphatic rings. The first kappa shape index (κ1) is 56.8. The van der Waals surface area contributed by atoms with Gasteiger partial charge in [-0.25, -0.2) is 0 Å². The second kappa shape index (κ2) is 48.5. The van der Waals surface area contributed by atoms with E-state index in [-0.39, 0.29) is 37.5 Å². The third-order valence-electron chi connectivity index (χ3n) is 9.52. The van der Waals surface area contributed by atoms with Crippen LogP contribution in [0.5, 0.6) is 0 Å². The SMILES string of the molecule is CC\C=C/C=C\C=C/CCCCCCCC(=O)OC(COC(=O)CCCCC/C=C\C=C/CCCC)COC(=O)CCCCC/C=C\C/C=C\C/C=C\C/C=C\C/C=C\CC.